The first-order chi connectivity index (χ1) is 9.76. The Morgan fingerprint density at radius 2 is 2.00 bits per heavy atom. The SMILES string of the molecule is COc1ccccc1CN(C(=O)CCl)c1ccccn1. The minimum absolute atomic E-state index is 0.0915. The average Bonchev–Trinajstić information content (AvgIpc) is 2.53. The van der Waals surface area contributed by atoms with Crippen LogP contribution in [0.2, 0.25) is 0 Å². The fraction of sp³-hybridized carbons (Fsp3) is 0.200. The summed E-state index contributed by atoms with van der Waals surface area (Å²) in [5.41, 5.74) is 0.902. The molecule has 1 aromatic carbocycles. The van der Waals surface area contributed by atoms with Crippen LogP contribution in [0.1, 0.15) is 5.56 Å². The number of nitrogens with zero attached hydrogens (tertiary/aromatic N) is 2. The Kier molecular flexibility index (Phi) is 4.96. The van der Waals surface area contributed by atoms with Gasteiger partial charge in [-0.25, -0.2) is 4.98 Å². The van der Waals surface area contributed by atoms with E-state index in [1.807, 2.05) is 30.3 Å². The van der Waals surface area contributed by atoms with Crippen LogP contribution in [0.4, 0.5) is 5.82 Å². The number of pyridine rings is 1. The maximum absolute atomic E-state index is 12.0. The topological polar surface area (TPSA) is 42.4 Å². The Labute approximate surface area is 123 Å². The number of hydrogen-bond acceptors (Lipinski definition) is 3. The summed E-state index contributed by atoms with van der Waals surface area (Å²) >= 11 is 5.69. The van der Waals surface area contributed by atoms with E-state index in [1.165, 1.54) is 0 Å². The zero-order valence-corrected chi connectivity index (χ0v) is 11.9. The number of amides is 1. The van der Waals surface area contributed by atoms with E-state index in [0.29, 0.717) is 12.4 Å². The monoisotopic (exact) mass is 290 g/mol. The first-order valence-corrected chi connectivity index (χ1v) is 6.69. The molecular weight excluding hydrogens is 276 g/mol. The Balaban J connectivity index is 2.31. The molecular formula is C15H15ClN2O2. The van der Waals surface area contributed by atoms with Crippen LogP contribution in [-0.4, -0.2) is 23.9 Å². The summed E-state index contributed by atoms with van der Waals surface area (Å²) in [5.74, 6) is 1.02. The molecule has 0 spiro atoms. The Hall–Kier alpha value is -2.07. The van der Waals surface area contributed by atoms with Gasteiger partial charge in [-0.15, -0.1) is 11.6 Å². The molecule has 0 atom stereocenters. The lowest BCUT2D eigenvalue weighted by molar-refractivity contribution is -0.116. The van der Waals surface area contributed by atoms with E-state index < -0.39 is 0 Å². The highest BCUT2D eigenvalue weighted by atomic mass is 35.5. The maximum atomic E-state index is 12.0. The van der Waals surface area contributed by atoms with Crippen molar-refractivity contribution in [3.8, 4) is 5.75 Å². The minimum atomic E-state index is -0.198. The van der Waals surface area contributed by atoms with Gasteiger partial charge in [0.05, 0.1) is 13.7 Å². The van der Waals surface area contributed by atoms with E-state index in [9.17, 15) is 4.79 Å². The summed E-state index contributed by atoms with van der Waals surface area (Å²) in [6.07, 6.45) is 1.64. The van der Waals surface area contributed by atoms with Gasteiger partial charge >= 0.3 is 0 Å². The molecule has 104 valence electrons. The summed E-state index contributed by atoms with van der Waals surface area (Å²) in [6, 6.07) is 13.0. The lowest BCUT2D eigenvalue weighted by Crippen LogP contribution is -2.32. The summed E-state index contributed by atoms with van der Waals surface area (Å²) in [4.78, 5) is 17.8. The number of carbonyl (C=O) groups excluding carboxylic acids is 1. The van der Waals surface area contributed by atoms with Gasteiger partial charge in [-0.1, -0.05) is 24.3 Å². The van der Waals surface area contributed by atoms with Gasteiger partial charge in [0, 0.05) is 11.8 Å². The molecule has 0 fully saturated rings. The van der Waals surface area contributed by atoms with Gasteiger partial charge in [0.2, 0.25) is 5.91 Å². The molecule has 1 amide bonds. The molecule has 4 nitrogen and oxygen atoms in total. The molecule has 0 unspecified atom stereocenters. The van der Waals surface area contributed by atoms with Crippen LogP contribution in [-0.2, 0) is 11.3 Å². The summed E-state index contributed by atoms with van der Waals surface area (Å²) in [6.45, 7) is 0.368. The average molecular weight is 291 g/mol. The normalized spacial score (nSPS) is 10.1. The lowest BCUT2D eigenvalue weighted by Gasteiger charge is -2.21. The molecule has 2 aromatic rings. The largest absolute Gasteiger partial charge is 0.496 e. The summed E-state index contributed by atoms with van der Waals surface area (Å²) in [5, 5.41) is 0. The van der Waals surface area contributed by atoms with Gasteiger partial charge in [0.25, 0.3) is 0 Å². The standard InChI is InChI=1S/C15H15ClN2O2/c1-20-13-7-3-2-6-12(13)11-18(15(19)10-16)14-8-4-5-9-17-14/h2-9H,10-11H2,1H3. The van der Waals surface area contributed by atoms with Crippen LogP contribution < -0.4 is 9.64 Å². The second-order valence-corrected chi connectivity index (χ2v) is 4.38. The van der Waals surface area contributed by atoms with Crippen LogP contribution in [0, 0.1) is 0 Å². The molecule has 2 rings (SSSR count). The molecule has 0 saturated carbocycles. The first kappa shape index (κ1) is 14.3. The van der Waals surface area contributed by atoms with Crippen molar-refractivity contribution in [3.63, 3.8) is 0 Å². The minimum Gasteiger partial charge on any atom is -0.496 e. The maximum Gasteiger partial charge on any atom is 0.243 e. The molecule has 1 heterocycles. The van der Waals surface area contributed by atoms with E-state index >= 15 is 0 Å². The van der Waals surface area contributed by atoms with Gasteiger partial charge in [-0.3, -0.25) is 9.69 Å². The summed E-state index contributed by atoms with van der Waals surface area (Å²) < 4.78 is 5.30. The van der Waals surface area contributed by atoms with Gasteiger partial charge in [-0.05, 0) is 18.2 Å². The fourth-order valence-corrected chi connectivity index (χ4v) is 2.03. The summed E-state index contributed by atoms with van der Waals surface area (Å²) in [7, 11) is 1.60. The van der Waals surface area contributed by atoms with Crippen molar-refractivity contribution in [1.29, 1.82) is 0 Å². The van der Waals surface area contributed by atoms with Crippen LogP contribution in [0.15, 0.2) is 48.7 Å². The van der Waals surface area contributed by atoms with Crippen LogP contribution in [0.5, 0.6) is 5.75 Å². The fourth-order valence-electron chi connectivity index (χ4n) is 1.89. The third-order valence-corrected chi connectivity index (χ3v) is 3.09. The third kappa shape index (κ3) is 3.27. The lowest BCUT2D eigenvalue weighted by atomic mass is 10.2. The Morgan fingerprint density at radius 3 is 2.65 bits per heavy atom. The number of methoxy groups -OCH3 is 1. The van der Waals surface area contributed by atoms with E-state index in [2.05, 4.69) is 4.98 Å². The number of halogens is 1. The van der Waals surface area contributed by atoms with Crippen molar-refractivity contribution in [2.75, 3.05) is 17.9 Å². The van der Waals surface area contributed by atoms with E-state index in [4.69, 9.17) is 16.3 Å². The quantitative estimate of drug-likeness (QED) is 0.795. The number of rotatable bonds is 5. The van der Waals surface area contributed by atoms with Crippen LogP contribution in [0.3, 0.4) is 0 Å². The number of benzene rings is 1. The molecule has 5 heteroatoms. The molecule has 0 aliphatic rings. The second kappa shape index (κ2) is 6.91. The van der Waals surface area contributed by atoms with Crippen molar-refractivity contribution in [3.05, 3.63) is 54.2 Å². The molecule has 1 aromatic heterocycles. The van der Waals surface area contributed by atoms with Gasteiger partial charge < -0.3 is 4.74 Å². The number of alkyl halides is 1. The highest BCUT2D eigenvalue weighted by molar-refractivity contribution is 6.29. The molecule has 20 heavy (non-hydrogen) atoms. The van der Waals surface area contributed by atoms with Crippen molar-refractivity contribution in [1.82, 2.24) is 4.98 Å². The van der Waals surface area contributed by atoms with Crippen LogP contribution in [0.25, 0.3) is 0 Å². The molecule has 0 aliphatic heterocycles. The van der Waals surface area contributed by atoms with Gasteiger partial charge in [-0.2, -0.15) is 0 Å². The predicted molar refractivity (Wildman–Crippen MR) is 79.1 cm³/mol. The number of para-hydroxylation sites is 1. The number of carbonyl (C=O) groups is 1. The Bertz CT molecular complexity index is 575. The molecule has 0 N–H and O–H groups in total. The zero-order chi connectivity index (χ0) is 14.4. The zero-order valence-electron chi connectivity index (χ0n) is 11.1. The smallest absolute Gasteiger partial charge is 0.243 e. The molecule has 0 saturated heterocycles. The van der Waals surface area contributed by atoms with Crippen molar-refractivity contribution in [2.45, 2.75) is 6.54 Å². The van der Waals surface area contributed by atoms with E-state index in [1.54, 1.807) is 30.3 Å². The number of anilines is 1. The predicted octanol–water partition coefficient (Wildman–Crippen LogP) is 2.86. The van der Waals surface area contributed by atoms with Gasteiger partial charge in [0.1, 0.15) is 17.4 Å². The number of aromatic nitrogens is 1. The molecule has 0 radical (unpaired) electrons. The van der Waals surface area contributed by atoms with E-state index in [-0.39, 0.29) is 11.8 Å². The highest BCUT2D eigenvalue weighted by Gasteiger charge is 2.17. The Morgan fingerprint density at radius 1 is 1.25 bits per heavy atom. The highest BCUT2D eigenvalue weighted by Crippen LogP contribution is 2.22. The van der Waals surface area contributed by atoms with Crippen LogP contribution >= 0.6 is 11.6 Å². The van der Waals surface area contributed by atoms with Crippen molar-refractivity contribution in [2.24, 2.45) is 0 Å². The van der Waals surface area contributed by atoms with Crippen molar-refractivity contribution < 1.29 is 9.53 Å². The van der Waals surface area contributed by atoms with Gasteiger partial charge in [0.15, 0.2) is 0 Å². The third-order valence-electron chi connectivity index (χ3n) is 2.86. The van der Waals surface area contributed by atoms with Crippen molar-refractivity contribution >= 4 is 23.3 Å². The number of ether oxygens (including phenoxy) is 1. The second-order valence-electron chi connectivity index (χ2n) is 4.11. The number of hydrogen-bond donors (Lipinski definition) is 0. The first-order valence-electron chi connectivity index (χ1n) is 6.15. The molecule has 0 bridgehead atoms. The van der Waals surface area contributed by atoms with E-state index in [0.717, 1.165) is 11.3 Å². The molecule has 0 aliphatic carbocycles.